The van der Waals surface area contributed by atoms with E-state index in [9.17, 15) is 0 Å². The molecule has 0 spiro atoms. The van der Waals surface area contributed by atoms with Gasteiger partial charge in [-0.25, -0.2) is 0 Å². The molecule has 0 aliphatic carbocycles. The third-order valence-electron chi connectivity index (χ3n) is 1.91. The van der Waals surface area contributed by atoms with Crippen molar-refractivity contribution < 1.29 is 0 Å². The predicted molar refractivity (Wildman–Crippen MR) is 50.7 cm³/mol. The number of hydrogen-bond donors (Lipinski definition) is 0. The first-order valence-corrected chi connectivity index (χ1v) is 3.69. The van der Waals surface area contributed by atoms with Gasteiger partial charge in [0.15, 0.2) is 7.85 Å². The second-order valence-electron chi connectivity index (χ2n) is 2.74. The van der Waals surface area contributed by atoms with Gasteiger partial charge >= 0.3 is 0 Å². The molecule has 0 saturated carbocycles. The Balaban J connectivity index is 2.99. The Hall–Kier alpha value is -1.18. The van der Waals surface area contributed by atoms with Crippen molar-refractivity contribution in [2.75, 3.05) is 0 Å². The van der Waals surface area contributed by atoms with Gasteiger partial charge in [0.25, 0.3) is 0 Å². The van der Waals surface area contributed by atoms with Crippen LogP contribution in [0.15, 0.2) is 18.2 Å². The molecule has 2 heterocycles. The zero-order chi connectivity index (χ0) is 8.72. The monoisotopic (exact) mass is 152 g/mol. The molecule has 2 rings (SSSR count). The van der Waals surface area contributed by atoms with Crippen molar-refractivity contribution in [2.24, 2.45) is 0 Å². The summed E-state index contributed by atoms with van der Waals surface area (Å²) >= 11 is 0. The maximum absolute atomic E-state index is 5.65. The molecule has 0 aliphatic rings. The minimum absolute atomic E-state index is 0.445. The lowest BCUT2D eigenvalue weighted by atomic mass is 10.0. The summed E-state index contributed by atoms with van der Waals surface area (Å²) in [6.45, 7) is 1.96. The van der Waals surface area contributed by atoms with Gasteiger partial charge in [-0.05, 0) is 19.1 Å². The van der Waals surface area contributed by atoms with E-state index < -0.39 is 0 Å². The third-order valence-corrected chi connectivity index (χ3v) is 1.91. The Morgan fingerprint density at radius 2 is 2.08 bits per heavy atom. The molecule has 0 amide bonds. The van der Waals surface area contributed by atoms with Gasteiger partial charge in [-0.3, -0.25) is 4.98 Å². The summed E-state index contributed by atoms with van der Waals surface area (Å²) in [5.41, 5.74) is 2.83. The first-order chi connectivity index (χ1) is 5.70. The van der Waals surface area contributed by atoms with Crippen molar-refractivity contribution in [1.29, 1.82) is 0 Å². The van der Waals surface area contributed by atoms with Crippen molar-refractivity contribution in [3.63, 3.8) is 0 Å². The van der Waals surface area contributed by atoms with Crippen LogP contribution in [-0.2, 0) is 0 Å². The minimum atomic E-state index is 0.445. The summed E-state index contributed by atoms with van der Waals surface area (Å²) < 4.78 is 1.83. The average Bonchev–Trinajstić information content (AvgIpc) is 2.29. The molecule has 54 valence electrons. The molecule has 2 aromatic heterocycles. The molecule has 0 bridgehead atoms. The normalized spacial score (nSPS) is 10.8. The molecule has 2 aromatic rings. The van der Waals surface area contributed by atoms with Crippen molar-refractivity contribution in [2.45, 2.75) is 6.92 Å². The molecule has 4 radical (unpaired) electrons. The zero-order valence-electron chi connectivity index (χ0n) is 6.78. The number of aromatic nitrogens is 2. The van der Waals surface area contributed by atoms with Gasteiger partial charge in [-0.15, -0.1) is 0 Å². The highest BCUT2D eigenvalue weighted by molar-refractivity contribution is 6.38. The highest BCUT2D eigenvalue weighted by Gasteiger charge is 2.03. The fourth-order valence-corrected chi connectivity index (χ4v) is 1.35. The lowest BCUT2D eigenvalue weighted by molar-refractivity contribution is 1.12. The van der Waals surface area contributed by atoms with E-state index in [1.807, 2.05) is 29.5 Å². The third kappa shape index (κ3) is 0.876. The molecule has 0 atom stereocenters. The maximum Gasteiger partial charge on any atom is 0.168 e. The first-order valence-electron chi connectivity index (χ1n) is 3.69. The molecule has 0 aliphatic heterocycles. The Morgan fingerprint density at radius 3 is 2.75 bits per heavy atom. The van der Waals surface area contributed by atoms with Crippen LogP contribution < -0.4 is 11.3 Å². The first kappa shape index (κ1) is 7.47. The largest absolute Gasteiger partial charge is 0.311 e. The second kappa shape index (κ2) is 2.41. The Bertz CT molecular complexity index is 434. The molecule has 0 fully saturated rings. The van der Waals surface area contributed by atoms with E-state index in [1.165, 1.54) is 0 Å². The second-order valence-corrected chi connectivity index (χ2v) is 2.74. The number of nitrogens with zero attached hydrogens (tertiary/aromatic N) is 2. The topological polar surface area (TPSA) is 17.3 Å². The van der Waals surface area contributed by atoms with Crippen LogP contribution in [0.1, 0.15) is 5.69 Å². The van der Waals surface area contributed by atoms with Gasteiger partial charge in [-0.2, -0.15) is 0 Å². The predicted octanol–water partition coefficient (Wildman–Crippen LogP) is -0.770. The lowest BCUT2D eigenvalue weighted by Gasteiger charge is -2.00. The zero-order valence-corrected chi connectivity index (χ0v) is 6.78. The van der Waals surface area contributed by atoms with E-state index in [-0.39, 0.29) is 0 Å². The summed E-state index contributed by atoms with van der Waals surface area (Å²) in [5.74, 6) is 0. The number of hydrogen-bond acceptors (Lipinski definition) is 1. The van der Waals surface area contributed by atoms with E-state index in [0.717, 1.165) is 11.2 Å². The van der Waals surface area contributed by atoms with Crippen LogP contribution in [0, 0.1) is 6.92 Å². The quantitative estimate of drug-likeness (QED) is 0.453. The van der Waals surface area contributed by atoms with Gasteiger partial charge in [0, 0.05) is 11.3 Å². The van der Waals surface area contributed by atoms with Crippen LogP contribution in [0.2, 0.25) is 0 Å². The highest BCUT2D eigenvalue weighted by Crippen LogP contribution is 2.00. The number of rotatable bonds is 0. The summed E-state index contributed by atoms with van der Waals surface area (Å²) in [4.78, 5) is 3.97. The Morgan fingerprint density at radius 1 is 1.33 bits per heavy atom. The number of fused-ring (bicyclic) bond motifs is 1. The molecule has 2 nitrogen and oxygen atoms in total. The lowest BCUT2D eigenvalue weighted by Crippen LogP contribution is -2.15. The van der Waals surface area contributed by atoms with E-state index in [2.05, 4.69) is 4.98 Å². The van der Waals surface area contributed by atoms with Crippen molar-refractivity contribution in [3.8, 4) is 0 Å². The van der Waals surface area contributed by atoms with Crippen LogP contribution >= 0.6 is 0 Å². The smallest absolute Gasteiger partial charge is 0.168 e. The number of imidazole rings is 1. The summed E-state index contributed by atoms with van der Waals surface area (Å²) in [6.07, 6.45) is 0. The Labute approximate surface area is 73.4 Å². The summed E-state index contributed by atoms with van der Waals surface area (Å²) in [7, 11) is 11.3. The maximum atomic E-state index is 5.65. The number of pyridine rings is 1. The summed E-state index contributed by atoms with van der Waals surface area (Å²) in [5, 5.41) is 0. The van der Waals surface area contributed by atoms with Gasteiger partial charge < -0.3 is 4.40 Å². The van der Waals surface area contributed by atoms with E-state index in [1.54, 1.807) is 0 Å². The molecule has 0 N–H and O–H groups in total. The Kier molecular flexibility index (Phi) is 1.50. The average molecular weight is 152 g/mol. The molecular formula is C8H6B2N2. The molecular weight excluding hydrogens is 146 g/mol. The molecule has 12 heavy (non-hydrogen) atoms. The fraction of sp³-hybridized carbons (Fsp3) is 0.125. The molecule has 0 unspecified atom stereocenters. The van der Waals surface area contributed by atoms with Crippen molar-refractivity contribution in [1.82, 2.24) is 9.38 Å². The SMILES string of the molecule is [B]c1nc([B])n2c(C)cccc12. The van der Waals surface area contributed by atoms with Gasteiger partial charge in [-0.1, -0.05) is 6.07 Å². The van der Waals surface area contributed by atoms with Gasteiger partial charge in [0.2, 0.25) is 0 Å². The van der Waals surface area contributed by atoms with Gasteiger partial charge in [0.1, 0.15) is 7.85 Å². The molecule has 0 saturated heterocycles. The molecule has 0 aromatic carbocycles. The van der Waals surface area contributed by atoms with Crippen LogP contribution in [0.4, 0.5) is 0 Å². The van der Waals surface area contributed by atoms with Crippen LogP contribution in [-0.4, -0.2) is 25.1 Å². The van der Waals surface area contributed by atoms with E-state index >= 15 is 0 Å². The minimum Gasteiger partial charge on any atom is -0.311 e. The van der Waals surface area contributed by atoms with Crippen molar-refractivity contribution >= 4 is 32.5 Å². The number of aryl methyl sites for hydroxylation is 1. The van der Waals surface area contributed by atoms with Crippen LogP contribution in [0.25, 0.3) is 5.52 Å². The highest BCUT2D eigenvalue weighted by atomic mass is 15.0. The van der Waals surface area contributed by atoms with Crippen molar-refractivity contribution in [3.05, 3.63) is 23.9 Å². The summed E-state index contributed by atoms with van der Waals surface area (Å²) in [6, 6.07) is 5.79. The van der Waals surface area contributed by atoms with E-state index in [0.29, 0.717) is 11.3 Å². The molecule has 4 heteroatoms. The van der Waals surface area contributed by atoms with Crippen LogP contribution in [0.3, 0.4) is 0 Å². The van der Waals surface area contributed by atoms with Gasteiger partial charge in [0.05, 0.1) is 11.2 Å². The van der Waals surface area contributed by atoms with Crippen LogP contribution in [0.5, 0.6) is 0 Å². The van der Waals surface area contributed by atoms with E-state index in [4.69, 9.17) is 15.7 Å². The fourth-order valence-electron chi connectivity index (χ4n) is 1.35. The standard InChI is InChI=1S/C8H6B2N2/c1-5-3-2-4-6-7(9)11-8(10)12(5)6/h2-4H,1H3.